The molecule has 0 aliphatic heterocycles. The maximum Gasteiger partial charge on any atom is 0.320 e. The van der Waals surface area contributed by atoms with Crippen LogP contribution in [0.2, 0.25) is 0 Å². The van der Waals surface area contributed by atoms with Gasteiger partial charge >= 0.3 is 23.9 Å². The SMILES string of the molecule is CCOC(=O)C(C(=O)OCC)[C@@H](c1ccccc1)[C@H](c1ccccc1)C(C(=O)OCC)C(=O)OCC. The highest BCUT2D eigenvalue weighted by molar-refractivity contribution is 5.99. The Bertz CT molecular complexity index is 872. The summed E-state index contributed by atoms with van der Waals surface area (Å²) in [6, 6.07) is 17.5. The number of ether oxygens (including phenoxy) is 4. The molecular formula is C28H34O8. The molecule has 0 bridgehead atoms. The predicted molar refractivity (Wildman–Crippen MR) is 132 cm³/mol. The van der Waals surface area contributed by atoms with Gasteiger partial charge in [-0.05, 0) is 38.8 Å². The maximum atomic E-state index is 13.3. The molecule has 0 N–H and O–H groups in total. The molecule has 2 aromatic carbocycles. The van der Waals surface area contributed by atoms with Gasteiger partial charge < -0.3 is 18.9 Å². The lowest BCUT2D eigenvalue weighted by Gasteiger charge is -2.35. The van der Waals surface area contributed by atoms with Gasteiger partial charge in [0.15, 0.2) is 11.8 Å². The first-order chi connectivity index (χ1) is 17.4. The minimum absolute atomic E-state index is 0.0332. The molecule has 0 aliphatic rings. The quantitative estimate of drug-likeness (QED) is 0.232. The van der Waals surface area contributed by atoms with Crippen LogP contribution in [0.1, 0.15) is 50.7 Å². The third-order valence-electron chi connectivity index (χ3n) is 5.64. The molecule has 0 radical (unpaired) electrons. The number of carbonyl (C=O) groups is 4. The molecule has 0 aliphatic carbocycles. The first-order valence-electron chi connectivity index (χ1n) is 12.2. The van der Waals surface area contributed by atoms with E-state index < -0.39 is 47.5 Å². The Morgan fingerprint density at radius 3 is 0.972 bits per heavy atom. The van der Waals surface area contributed by atoms with Gasteiger partial charge in [0.25, 0.3) is 0 Å². The van der Waals surface area contributed by atoms with Gasteiger partial charge in [-0.15, -0.1) is 0 Å². The van der Waals surface area contributed by atoms with Gasteiger partial charge in [-0.25, -0.2) is 0 Å². The Morgan fingerprint density at radius 2 is 0.750 bits per heavy atom. The number of rotatable bonds is 13. The molecule has 2 aromatic rings. The van der Waals surface area contributed by atoms with E-state index in [0.29, 0.717) is 11.1 Å². The van der Waals surface area contributed by atoms with E-state index in [0.717, 1.165) is 0 Å². The van der Waals surface area contributed by atoms with Crippen LogP contribution in [-0.4, -0.2) is 50.3 Å². The summed E-state index contributed by atoms with van der Waals surface area (Å²) >= 11 is 0. The zero-order valence-electron chi connectivity index (χ0n) is 21.2. The maximum absolute atomic E-state index is 13.3. The van der Waals surface area contributed by atoms with Gasteiger partial charge in [0, 0.05) is 11.8 Å². The van der Waals surface area contributed by atoms with Crippen molar-refractivity contribution in [3.63, 3.8) is 0 Å². The zero-order valence-corrected chi connectivity index (χ0v) is 21.2. The first-order valence-corrected chi connectivity index (χ1v) is 12.2. The summed E-state index contributed by atoms with van der Waals surface area (Å²) in [5, 5.41) is 0. The monoisotopic (exact) mass is 498 g/mol. The Labute approximate surface area is 211 Å². The van der Waals surface area contributed by atoms with Crippen molar-refractivity contribution in [3.8, 4) is 0 Å². The van der Waals surface area contributed by atoms with Crippen LogP contribution in [-0.2, 0) is 38.1 Å². The van der Waals surface area contributed by atoms with Gasteiger partial charge in [-0.2, -0.15) is 0 Å². The summed E-state index contributed by atoms with van der Waals surface area (Å²) in [6.45, 7) is 6.66. The van der Waals surface area contributed by atoms with E-state index in [4.69, 9.17) is 18.9 Å². The fourth-order valence-corrected chi connectivity index (χ4v) is 4.27. The summed E-state index contributed by atoms with van der Waals surface area (Å²) < 4.78 is 21.1. The third-order valence-corrected chi connectivity index (χ3v) is 5.64. The summed E-state index contributed by atoms with van der Waals surface area (Å²) in [7, 11) is 0. The molecule has 2 atom stereocenters. The topological polar surface area (TPSA) is 105 Å². The van der Waals surface area contributed by atoms with E-state index in [2.05, 4.69) is 0 Å². The Kier molecular flexibility index (Phi) is 11.6. The zero-order chi connectivity index (χ0) is 26.5. The molecule has 8 nitrogen and oxygen atoms in total. The standard InChI is InChI=1S/C28H34O8/c1-5-33-25(29)23(26(30)34-6-2)21(19-15-11-9-12-16-19)22(20-17-13-10-14-18-20)24(27(31)35-7-3)28(32)36-8-4/h9-18,21-24H,5-8H2,1-4H3/t21-,22-/m0/s1. The normalized spacial score (nSPS) is 12.5. The number of carbonyl (C=O) groups excluding carboxylic acids is 4. The Hall–Kier alpha value is -3.68. The van der Waals surface area contributed by atoms with Crippen LogP contribution in [0.5, 0.6) is 0 Å². The molecule has 0 amide bonds. The predicted octanol–water partition coefficient (Wildman–Crippen LogP) is 4.04. The van der Waals surface area contributed by atoms with Crippen LogP contribution < -0.4 is 0 Å². The van der Waals surface area contributed by atoms with Crippen molar-refractivity contribution in [3.05, 3.63) is 71.8 Å². The van der Waals surface area contributed by atoms with Crippen molar-refractivity contribution in [1.29, 1.82) is 0 Å². The Balaban J connectivity index is 2.88. The minimum Gasteiger partial charge on any atom is -0.465 e. The number of hydrogen-bond acceptors (Lipinski definition) is 8. The lowest BCUT2D eigenvalue weighted by atomic mass is 9.68. The van der Waals surface area contributed by atoms with Crippen LogP contribution in [0.15, 0.2) is 60.7 Å². The molecule has 0 saturated heterocycles. The van der Waals surface area contributed by atoms with E-state index in [1.807, 2.05) is 0 Å². The molecule has 0 unspecified atom stereocenters. The Morgan fingerprint density at radius 1 is 0.500 bits per heavy atom. The van der Waals surface area contributed by atoms with E-state index >= 15 is 0 Å². The van der Waals surface area contributed by atoms with Gasteiger partial charge in [0.1, 0.15) is 0 Å². The highest BCUT2D eigenvalue weighted by atomic mass is 16.6. The van der Waals surface area contributed by atoms with Crippen molar-refractivity contribution in [2.24, 2.45) is 11.8 Å². The third kappa shape index (κ3) is 7.16. The summed E-state index contributed by atoms with van der Waals surface area (Å²) in [5.41, 5.74) is 1.10. The lowest BCUT2D eigenvalue weighted by Crippen LogP contribution is -2.42. The van der Waals surface area contributed by atoms with Gasteiger partial charge in [-0.3, -0.25) is 19.2 Å². The van der Waals surface area contributed by atoms with Crippen molar-refractivity contribution in [1.82, 2.24) is 0 Å². The second-order valence-corrected chi connectivity index (χ2v) is 7.84. The number of esters is 4. The van der Waals surface area contributed by atoms with Crippen LogP contribution >= 0.6 is 0 Å². The number of benzene rings is 2. The summed E-state index contributed by atoms with van der Waals surface area (Å²) in [4.78, 5) is 53.1. The highest BCUT2D eigenvalue weighted by Crippen LogP contribution is 2.45. The molecule has 194 valence electrons. The molecular weight excluding hydrogens is 464 g/mol. The molecule has 0 saturated carbocycles. The first kappa shape index (κ1) is 28.6. The van der Waals surface area contributed by atoms with Crippen molar-refractivity contribution in [2.45, 2.75) is 39.5 Å². The van der Waals surface area contributed by atoms with Crippen molar-refractivity contribution >= 4 is 23.9 Å². The van der Waals surface area contributed by atoms with E-state index in [9.17, 15) is 19.2 Å². The second kappa shape index (κ2) is 14.7. The fourth-order valence-electron chi connectivity index (χ4n) is 4.27. The van der Waals surface area contributed by atoms with E-state index in [-0.39, 0.29) is 26.4 Å². The smallest absolute Gasteiger partial charge is 0.320 e. The van der Waals surface area contributed by atoms with Crippen molar-refractivity contribution < 1.29 is 38.1 Å². The van der Waals surface area contributed by atoms with Crippen LogP contribution in [0.25, 0.3) is 0 Å². The molecule has 0 fully saturated rings. The highest BCUT2D eigenvalue weighted by Gasteiger charge is 2.50. The molecule has 36 heavy (non-hydrogen) atoms. The molecule has 8 heteroatoms. The average Bonchev–Trinajstić information content (AvgIpc) is 2.87. The largest absolute Gasteiger partial charge is 0.465 e. The van der Waals surface area contributed by atoms with E-state index in [1.165, 1.54) is 0 Å². The molecule has 0 heterocycles. The summed E-state index contributed by atoms with van der Waals surface area (Å²) in [5.74, 6) is -8.16. The minimum atomic E-state index is -1.45. The van der Waals surface area contributed by atoms with E-state index in [1.54, 1.807) is 88.4 Å². The lowest BCUT2D eigenvalue weighted by molar-refractivity contribution is -0.169. The van der Waals surface area contributed by atoms with Crippen LogP contribution in [0.4, 0.5) is 0 Å². The average molecular weight is 499 g/mol. The van der Waals surface area contributed by atoms with Crippen LogP contribution in [0.3, 0.4) is 0 Å². The second-order valence-electron chi connectivity index (χ2n) is 7.84. The van der Waals surface area contributed by atoms with Gasteiger partial charge in [-0.1, -0.05) is 60.7 Å². The van der Waals surface area contributed by atoms with Crippen LogP contribution in [0, 0.1) is 11.8 Å². The number of hydrogen-bond donors (Lipinski definition) is 0. The van der Waals surface area contributed by atoms with Gasteiger partial charge in [0.05, 0.1) is 26.4 Å². The summed E-state index contributed by atoms with van der Waals surface area (Å²) in [6.07, 6.45) is 0. The van der Waals surface area contributed by atoms with Gasteiger partial charge in [0.2, 0.25) is 0 Å². The van der Waals surface area contributed by atoms with Crippen molar-refractivity contribution in [2.75, 3.05) is 26.4 Å². The molecule has 0 spiro atoms. The fraction of sp³-hybridized carbons (Fsp3) is 0.429. The molecule has 2 rings (SSSR count). The molecule has 0 aromatic heterocycles.